The van der Waals surface area contributed by atoms with Gasteiger partial charge in [-0.15, -0.1) is 0 Å². The maximum absolute atomic E-state index is 5.85. The first-order valence-corrected chi connectivity index (χ1v) is 20.4. The van der Waals surface area contributed by atoms with Gasteiger partial charge in [0.15, 0.2) is 5.58 Å². The predicted molar refractivity (Wildman–Crippen MR) is 245 cm³/mol. The van der Waals surface area contributed by atoms with Crippen LogP contribution in [0, 0.1) is 6.92 Å². The van der Waals surface area contributed by atoms with Crippen molar-refractivity contribution in [3.63, 3.8) is 0 Å². The number of rotatable bonds is 2. The maximum atomic E-state index is 5.85. The first-order chi connectivity index (χ1) is 27.6. The Morgan fingerprint density at radius 3 is 2.07 bits per heavy atom. The zero-order valence-corrected chi connectivity index (χ0v) is 34.4. The molecular weight excluding hydrogens is 683 g/mol. The van der Waals surface area contributed by atoms with Gasteiger partial charge in [0.1, 0.15) is 5.76 Å². The third-order valence-electron chi connectivity index (χ3n) is 10.1. The molecule has 0 aliphatic heterocycles. The minimum Gasteiger partial charge on any atom is -0.458 e. The van der Waals surface area contributed by atoms with Crippen molar-refractivity contribution in [2.24, 2.45) is 5.73 Å². The summed E-state index contributed by atoms with van der Waals surface area (Å²) in [5.41, 5.74) is 24.1. The maximum Gasteiger partial charge on any atom is 0.157 e. The minimum absolute atomic E-state index is 0.727. The average molecular weight is 742 g/mol. The van der Waals surface area contributed by atoms with Crippen LogP contribution < -0.4 is 11.5 Å². The third kappa shape index (κ3) is 8.67. The first kappa shape index (κ1) is 41.3. The molecule has 0 saturated carbocycles. The smallest absolute Gasteiger partial charge is 0.157 e. The molecule has 6 aromatic carbocycles. The van der Waals surface area contributed by atoms with E-state index in [1.807, 2.05) is 45.9 Å². The standard InChI is InChI=1S/C27H21N.C12H11NO.C8H10.2C2H6.CH5N/c1-18-10-14-21(15-11-18)28-24-16-12-19-6-2-4-8-22(19)26(24)27-23-9-5-3-7-20(23)13-17-25(27)28;13-10-6-3-5-9-8-4-1-2-7-11(8)14-12(9)10;1-2-8-6-4-3-5-7-8;3*1-2/h2-12,14-16H,13,17H2,1H3;1,3-6H,2,7,13H2;3-7H,2H2,1H3;2*1-2H3;2H2,1H3. The van der Waals surface area contributed by atoms with Crippen LogP contribution >= 0.6 is 0 Å². The van der Waals surface area contributed by atoms with Crippen LogP contribution in [0.3, 0.4) is 0 Å². The molecule has 4 N–H and O–H groups in total. The van der Waals surface area contributed by atoms with Gasteiger partial charge in [0.2, 0.25) is 0 Å². The lowest BCUT2D eigenvalue weighted by atomic mass is 9.87. The lowest BCUT2D eigenvalue weighted by molar-refractivity contribution is 0.547. The molecule has 0 unspecified atom stereocenters. The number of benzene rings is 6. The molecule has 0 saturated heterocycles. The normalized spacial score (nSPS) is 11.7. The molecule has 56 heavy (non-hydrogen) atoms. The summed E-state index contributed by atoms with van der Waals surface area (Å²) in [7, 11) is 1.50. The summed E-state index contributed by atoms with van der Waals surface area (Å²) in [6.45, 7) is 12.3. The molecule has 4 heteroatoms. The quantitative estimate of drug-likeness (QED) is 0.173. The van der Waals surface area contributed by atoms with Gasteiger partial charge in [-0.25, -0.2) is 0 Å². The Morgan fingerprint density at radius 1 is 0.661 bits per heavy atom. The zero-order valence-electron chi connectivity index (χ0n) is 34.4. The van der Waals surface area contributed by atoms with Crippen molar-refractivity contribution < 1.29 is 4.42 Å². The SMILES string of the molecule is CC.CC.CCc1ccccc1.CN.Cc1ccc(-n2c3c(c4c5ccccc5ccc42)-c2ccccc2CC3)cc1.Nc1cccc2c3c(oc12)CCC=C3. The average Bonchev–Trinajstić information content (AvgIpc) is 3.84. The third-order valence-corrected chi connectivity index (χ3v) is 10.1. The molecule has 0 radical (unpaired) electrons. The Labute approximate surface area is 334 Å². The van der Waals surface area contributed by atoms with Gasteiger partial charge in [-0.3, -0.25) is 0 Å². The van der Waals surface area contributed by atoms with Gasteiger partial charge in [0, 0.05) is 39.7 Å². The van der Waals surface area contributed by atoms with E-state index in [2.05, 4.69) is 152 Å². The molecule has 2 aliphatic carbocycles. The Bertz CT molecular complexity index is 2480. The van der Waals surface area contributed by atoms with Crippen LogP contribution in [-0.4, -0.2) is 11.6 Å². The molecule has 0 amide bonds. The van der Waals surface area contributed by atoms with Crippen LogP contribution in [0.2, 0.25) is 0 Å². The number of aryl methyl sites for hydroxylation is 4. The van der Waals surface area contributed by atoms with E-state index in [0.717, 1.165) is 54.5 Å². The molecule has 2 aliphatic rings. The van der Waals surface area contributed by atoms with E-state index in [1.54, 1.807) is 0 Å². The second-order valence-electron chi connectivity index (χ2n) is 13.3. The molecule has 2 heterocycles. The van der Waals surface area contributed by atoms with Crippen molar-refractivity contribution in [2.75, 3.05) is 12.8 Å². The summed E-state index contributed by atoms with van der Waals surface area (Å²) < 4.78 is 8.24. The van der Waals surface area contributed by atoms with Crippen molar-refractivity contribution in [2.45, 2.75) is 73.6 Å². The predicted octanol–water partition coefficient (Wildman–Crippen LogP) is 13.7. The minimum atomic E-state index is 0.727. The highest BCUT2D eigenvalue weighted by molar-refractivity contribution is 6.16. The second-order valence-corrected chi connectivity index (χ2v) is 13.3. The number of fused-ring (bicyclic) bond motifs is 10. The van der Waals surface area contributed by atoms with Crippen molar-refractivity contribution in [3.8, 4) is 16.8 Å². The number of aromatic nitrogens is 1. The second kappa shape index (κ2) is 20.2. The van der Waals surface area contributed by atoms with E-state index in [-0.39, 0.29) is 0 Å². The van der Waals surface area contributed by atoms with Gasteiger partial charge in [0.25, 0.3) is 0 Å². The van der Waals surface area contributed by atoms with E-state index >= 15 is 0 Å². The summed E-state index contributed by atoms with van der Waals surface area (Å²) in [6.07, 6.45) is 9.67. The highest BCUT2D eigenvalue weighted by Gasteiger charge is 2.26. The number of anilines is 1. The van der Waals surface area contributed by atoms with E-state index in [4.69, 9.17) is 10.2 Å². The number of allylic oxidation sites excluding steroid dienone is 1. The van der Waals surface area contributed by atoms with Gasteiger partial charge in [0.05, 0.1) is 11.2 Å². The summed E-state index contributed by atoms with van der Waals surface area (Å²) >= 11 is 0. The summed E-state index contributed by atoms with van der Waals surface area (Å²) in [5.74, 6) is 1.07. The number of nitrogens with two attached hydrogens (primary N) is 2. The number of para-hydroxylation sites is 1. The lowest BCUT2D eigenvalue weighted by Crippen LogP contribution is -2.07. The number of hydrogen-bond donors (Lipinski definition) is 2. The number of nitrogen functional groups attached to an aromatic ring is 1. The van der Waals surface area contributed by atoms with Gasteiger partial charge in [-0.2, -0.15) is 0 Å². The highest BCUT2D eigenvalue weighted by Crippen LogP contribution is 2.45. The van der Waals surface area contributed by atoms with Gasteiger partial charge < -0.3 is 20.5 Å². The fourth-order valence-corrected chi connectivity index (χ4v) is 7.57. The number of hydrogen-bond acceptors (Lipinski definition) is 3. The van der Waals surface area contributed by atoms with E-state index in [1.165, 1.54) is 73.5 Å². The largest absolute Gasteiger partial charge is 0.458 e. The van der Waals surface area contributed by atoms with Crippen LogP contribution in [0.5, 0.6) is 0 Å². The molecule has 0 fully saturated rings. The zero-order chi connectivity index (χ0) is 40.0. The van der Waals surface area contributed by atoms with E-state index in [9.17, 15) is 0 Å². The molecule has 0 atom stereocenters. The van der Waals surface area contributed by atoms with Crippen molar-refractivity contribution in [1.82, 2.24) is 4.57 Å². The first-order valence-electron chi connectivity index (χ1n) is 20.4. The highest BCUT2D eigenvalue weighted by atomic mass is 16.3. The van der Waals surface area contributed by atoms with Crippen molar-refractivity contribution >= 4 is 44.4 Å². The van der Waals surface area contributed by atoms with Crippen molar-refractivity contribution in [3.05, 3.63) is 173 Å². The lowest BCUT2D eigenvalue weighted by Gasteiger charge is -2.19. The molecule has 0 bridgehead atoms. The molecular formula is C52H59N3O. The fourth-order valence-electron chi connectivity index (χ4n) is 7.57. The molecule has 0 spiro atoms. The molecule has 4 nitrogen and oxygen atoms in total. The summed E-state index contributed by atoms with van der Waals surface area (Å²) in [6, 6.07) is 47.6. The van der Waals surface area contributed by atoms with Crippen LogP contribution in [0.15, 0.2) is 144 Å². The van der Waals surface area contributed by atoms with E-state index < -0.39 is 0 Å². The van der Waals surface area contributed by atoms with Crippen LogP contribution in [0.1, 0.15) is 74.7 Å². The summed E-state index contributed by atoms with van der Waals surface area (Å²) in [5, 5.41) is 5.18. The molecule has 2 aromatic heterocycles. The van der Waals surface area contributed by atoms with Crippen LogP contribution in [0.4, 0.5) is 5.69 Å². The van der Waals surface area contributed by atoms with Gasteiger partial charge in [-0.05, 0) is 91.4 Å². The fraction of sp³-hybridized carbons (Fsp3) is 0.231. The Hall–Kier alpha value is -5.84. The van der Waals surface area contributed by atoms with Crippen LogP contribution in [-0.2, 0) is 25.7 Å². The van der Waals surface area contributed by atoms with Gasteiger partial charge in [-0.1, -0.05) is 162 Å². The molecule has 288 valence electrons. The number of nitrogens with zero attached hydrogens (tertiary/aromatic N) is 1. The Balaban J connectivity index is 0.000000178. The molecule has 10 rings (SSSR count). The topological polar surface area (TPSA) is 70.1 Å². The van der Waals surface area contributed by atoms with Crippen LogP contribution in [0.25, 0.3) is 55.5 Å². The van der Waals surface area contributed by atoms with Gasteiger partial charge >= 0.3 is 0 Å². The van der Waals surface area contributed by atoms with E-state index in [0.29, 0.717) is 0 Å². The Kier molecular flexibility index (Phi) is 14.9. The Morgan fingerprint density at radius 2 is 1.34 bits per heavy atom. The van der Waals surface area contributed by atoms with Crippen molar-refractivity contribution in [1.29, 1.82) is 0 Å². The summed E-state index contributed by atoms with van der Waals surface area (Å²) in [4.78, 5) is 0. The molecule has 8 aromatic rings. The number of furan rings is 1. The monoisotopic (exact) mass is 741 g/mol.